The Kier molecular flexibility index (Phi) is 3.90. The van der Waals surface area contributed by atoms with E-state index in [-0.39, 0.29) is 5.91 Å². The van der Waals surface area contributed by atoms with Crippen LogP contribution in [0.4, 0.5) is 0 Å². The first-order valence-corrected chi connectivity index (χ1v) is 8.57. The Bertz CT molecular complexity index is 706. The van der Waals surface area contributed by atoms with Gasteiger partial charge in [-0.1, -0.05) is 18.2 Å². The molecule has 0 radical (unpaired) electrons. The fourth-order valence-corrected chi connectivity index (χ4v) is 3.35. The number of carbonyl (C=O) groups is 1. The molecule has 120 valence electrons. The smallest absolute Gasteiger partial charge is 0.223 e. The average molecular weight is 310 g/mol. The Balaban J connectivity index is 1.20. The Morgan fingerprint density at radius 3 is 3.00 bits per heavy atom. The molecular weight excluding hydrogens is 288 g/mol. The summed E-state index contributed by atoms with van der Waals surface area (Å²) < 4.78 is 5.83. The zero-order valence-electron chi connectivity index (χ0n) is 13.2. The van der Waals surface area contributed by atoms with Gasteiger partial charge in [0.1, 0.15) is 11.3 Å². The van der Waals surface area contributed by atoms with Gasteiger partial charge in [-0.2, -0.15) is 0 Å². The van der Waals surface area contributed by atoms with E-state index < -0.39 is 0 Å². The summed E-state index contributed by atoms with van der Waals surface area (Å²) in [6.07, 6.45) is 6.37. The monoisotopic (exact) mass is 310 g/mol. The SMILES string of the molecule is O=C(NCCCOc1cccc2cccnc12)[C@@H]1C[C@H]1C1CC1. The molecule has 1 N–H and O–H groups in total. The quantitative estimate of drug-likeness (QED) is 0.799. The summed E-state index contributed by atoms with van der Waals surface area (Å²) in [5.74, 6) is 2.89. The number of pyridine rings is 1. The molecule has 23 heavy (non-hydrogen) atoms. The van der Waals surface area contributed by atoms with Gasteiger partial charge in [0, 0.05) is 24.0 Å². The molecule has 0 bridgehead atoms. The molecule has 1 aromatic heterocycles. The lowest BCUT2D eigenvalue weighted by molar-refractivity contribution is -0.122. The van der Waals surface area contributed by atoms with Crippen LogP contribution in [0.2, 0.25) is 0 Å². The second-order valence-corrected chi connectivity index (χ2v) is 6.67. The maximum absolute atomic E-state index is 12.0. The number of nitrogens with one attached hydrogen (secondary N) is 1. The largest absolute Gasteiger partial charge is 0.491 e. The molecule has 1 heterocycles. The van der Waals surface area contributed by atoms with E-state index >= 15 is 0 Å². The molecule has 1 amide bonds. The van der Waals surface area contributed by atoms with Crippen molar-refractivity contribution >= 4 is 16.8 Å². The van der Waals surface area contributed by atoms with Gasteiger partial charge < -0.3 is 10.1 Å². The number of nitrogens with zero attached hydrogens (tertiary/aromatic N) is 1. The van der Waals surface area contributed by atoms with Gasteiger partial charge in [-0.05, 0) is 49.7 Å². The third-order valence-corrected chi connectivity index (χ3v) is 4.88. The van der Waals surface area contributed by atoms with E-state index in [1.54, 1.807) is 6.20 Å². The van der Waals surface area contributed by atoms with Crippen molar-refractivity contribution in [2.45, 2.75) is 25.7 Å². The highest BCUT2D eigenvalue weighted by atomic mass is 16.5. The molecule has 0 spiro atoms. The van der Waals surface area contributed by atoms with Crippen LogP contribution in [-0.4, -0.2) is 24.0 Å². The van der Waals surface area contributed by atoms with Gasteiger partial charge in [0.25, 0.3) is 0 Å². The second-order valence-electron chi connectivity index (χ2n) is 6.67. The van der Waals surface area contributed by atoms with Crippen molar-refractivity contribution in [1.82, 2.24) is 10.3 Å². The van der Waals surface area contributed by atoms with Crippen molar-refractivity contribution in [2.24, 2.45) is 17.8 Å². The average Bonchev–Trinajstić information content (AvgIpc) is 3.46. The Hall–Kier alpha value is -2.10. The van der Waals surface area contributed by atoms with Crippen LogP contribution in [0, 0.1) is 17.8 Å². The van der Waals surface area contributed by atoms with Gasteiger partial charge in [-0.3, -0.25) is 9.78 Å². The van der Waals surface area contributed by atoms with Crippen LogP contribution in [0.25, 0.3) is 10.9 Å². The molecule has 4 heteroatoms. The van der Waals surface area contributed by atoms with Crippen LogP contribution in [0.3, 0.4) is 0 Å². The molecule has 2 aromatic rings. The lowest BCUT2D eigenvalue weighted by Crippen LogP contribution is -2.27. The highest BCUT2D eigenvalue weighted by Gasteiger charge is 2.50. The number of para-hydroxylation sites is 1. The van der Waals surface area contributed by atoms with Crippen molar-refractivity contribution in [3.63, 3.8) is 0 Å². The number of fused-ring (bicyclic) bond motifs is 1. The summed E-state index contributed by atoms with van der Waals surface area (Å²) in [7, 11) is 0. The molecule has 2 aliphatic carbocycles. The second kappa shape index (κ2) is 6.19. The highest BCUT2D eigenvalue weighted by Crippen LogP contribution is 2.54. The summed E-state index contributed by atoms with van der Waals surface area (Å²) in [5, 5.41) is 4.13. The zero-order chi connectivity index (χ0) is 15.6. The standard InChI is InChI=1S/C19H22N2O2/c22-19(16-12-15(16)13-7-8-13)21-10-3-11-23-17-6-1-4-14-5-2-9-20-18(14)17/h1-2,4-6,9,13,15-16H,3,7-8,10-12H2,(H,21,22)/t15-,16+/m0/s1. The van der Waals surface area contributed by atoms with Crippen molar-refractivity contribution in [1.29, 1.82) is 0 Å². The normalized spacial score (nSPS) is 22.8. The lowest BCUT2D eigenvalue weighted by atomic mass is 10.2. The Morgan fingerprint density at radius 1 is 1.26 bits per heavy atom. The summed E-state index contributed by atoms with van der Waals surface area (Å²) in [6.45, 7) is 1.28. The van der Waals surface area contributed by atoms with Gasteiger partial charge in [-0.15, -0.1) is 0 Å². The third-order valence-electron chi connectivity index (χ3n) is 4.88. The van der Waals surface area contributed by atoms with Crippen LogP contribution < -0.4 is 10.1 Å². The topological polar surface area (TPSA) is 51.2 Å². The number of hydrogen-bond acceptors (Lipinski definition) is 3. The minimum Gasteiger partial charge on any atom is -0.491 e. The number of amides is 1. The molecule has 0 unspecified atom stereocenters. The van der Waals surface area contributed by atoms with E-state index in [1.165, 1.54) is 12.8 Å². The third kappa shape index (κ3) is 3.31. The number of aromatic nitrogens is 1. The minimum atomic E-state index is 0.244. The summed E-state index contributed by atoms with van der Waals surface area (Å²) in [4.78, 5) is 16.4. The molecule has 2 fully saturated rings. The Morgan fingerprint density at radius 2 is 2.13 bits per heavy atom. The number of benzene rings is 1. The lowest BCUT2D eigenvalue weighted by Gasteiger charge is -2.09. The molecule has 1 aromatic carbocycles. The van der Waals surface area contributed by atoms with Gasteiger partial charge in [0.05, 0.1) is 6.61 Å². The van der Waals surface area contributed by atoms with Crippen LogP contribution in [-0.2, 0) is 4.79 Å². The Labute approximate surface area is 136 Å². The van der Waals surface area contributed by atoms with Crippen molar-refractivity contribution in [3.8, 4) is 5.75 Å². The fraction of sp³-hybridized carbons (Fsp3) is 0.474. The number of ether oxygens (including phenoxy) is 1. The van der Waals surface area contributed by atoms with Crippen molar-refractivity contribution in [2.75, 3.05) is 13.2 Å². The molecular formula is C19H22N2O2. The molecule has 4 nitrogen and oxygen atoms in total. The summed E-state index contributed by atoms with van der Waals surface area (Å²) in [6, 6.07) is 9.90. The maximum atomic E-state index is 12.0. The van der Waals surface area contributed by atoms with E-state index in [9.17, 15) is 4.79 Å². The van der Waals surface area contributed by atoms with Gasteiger partial charge >= 0.3 is 0 Å². The van der Waals surface area contributed by atoms with E-state index in [0.717, 1.165) is 35.4 Å². The van der Waals surface area contributed by atoms with Crippen LogP contribution in [0.5, 0.6) is 5.75 Å². The van der Waals surface area contributed by atoms with Crippen LogP contribution in [0.15, 0.2) is 36.5 Å². The predicted molar refractivity (Wildman–Crippen MR) is 89.2 cm³/mol. The molecule has 0 saturated heterocycles. The first kappa shape index (κ1) is 14.5. The van der Waals surface area contributed by atoms with Gasteiger partial charge in [0.15, 0.2) is 0 Å². The number of carbonyl (C=O) groups excluding carboxylic acids is 1. The van der Waals surface area contributed by atoms with Gasteiger partial charge in [0.2, 0.25) is 5.91 Å². The number of hydrogen-bond donors (Lipinski definition) is 1. The molecule has 2 saturated carbocycles. The van der Waals surface area contributed by atoms with E-state index in [4.69, 9.17) is 4.74 Å². The number of rotatable bonds is 7. The van der Waals surface area contributed by atoms with Crippen molar-refractivity contribution < 1.29 is 9.53 Å². The first-order valence-electron chi connectivity index (χ1n) is 8.57. The maximum Gasteiger partial charge on any atom is 0.223 e. The molecule has 2 aliphatic rings. The molecule has 2 atom stereocenters. The summed E-state index contributed by atoms with van der Waals surface area (Å²) >= 11 is 0. The minimum absolute atomic E-state index is 0.244. The van der Waals surface area contributed by atoms with Crippen LogP contribution >= 0.6 is 0 Å². The van der Waals surface area contributed by atoms with Crippen molar-refractivity contribution in [3.05, 3.63) is 36.5 Å². The summed E-state index contributed by atoms with van der Waals surface area (Å²) in [5.41, 5.74) is 0.893. The van der Waals surface area contributed by atoms with E-state index in [1.807, 2.05) is 30.3 Å². The molecule has 0 aliphatic heterocycles. The fourth-order valence-electron chi connectivity index (χ4n) is 3.35. The highest BCUT2D eigenvalue weighted by molar-refractivity contribution is 5.84. The van der Waals surface area contributed by atoms with E-state index in [2.05, 4.69) is 10.3 Å². The van der Waals surface area contributed by atoms with Crippen LogP contribution in [0.1, 0.15) is 25.7 Å². The predicted octanol–water partition coefficient (Wildman–Crippen LogP) is 3.17. The van der Waals surface area contributed by atoms with E-state index in [0.29, 0.717) is 25.0 Å². The zero-order valence-corrected chi connectivity index (χ0v) is 13.2. The molecule has 4 rings (SSSR count). The first-order chi connectivity index (χ1) is 11.3. The van der Waals surface area contributed by atoms with Gasteiger partial charge in [-0.25, -0.2) is 0 Å².